The highest BCUT2D eigenvalue weighted by molar-refractivity contribution is 7.71. The fourth-order valence-corrected chi connectivity index (χ4v) is 4.85. The van der Waals surface area contributed by atoms with E-state index in [-0.39, 0.29) is 29.0 Å². The molecule has 1 unspecified atom stereocenters. The van der Waals surface area contributed by atoms with Crippen LogP contribution in [0.15, 0.2) is 46.2 Å². The molecule has 0 aliphatic carbocycles. The Bertz CT molecular complexity index is 1400. The van der Waals surface area contributed by atoms with Crippen LogP contribution in [0.2, 0.25) is 0 Å². The summed E-state index contributed by atoms with van der Waals surface area (Å²) >= 11 is 5.29. The van der Waals surface area contributed by atoms with E-state index < -0.39 is 5.56 Å². The highest BCUT2D eigenvalue weighted by Gasteiger charge is 2.33. The first kappa shape index (κ1) is 23.1. The molecule has 2 aliphatic heterocycles. The lowest BCUT2D eigenvalue weighted by Gasteiger charge is -2.35. The lowest BCUT2D eigenvalue weighted by molar-refractivity contribution is 0.170. The standard InChI is InChI=1S/C25H26N4O5S/c1-28-9-8-16-10-19-21(34-14-33-19)22(32-2)20(16)18(28)12-26-11-17-23(30)27-25(35)29(24(17)31)13-15-6-4-3-5-7-15/h3-7,10-11,18,31H,8-9,12-14H2,1-2H3,(H,27,30,35). The summed E-state index contributed by atoms with van der Waals surface area (Å²) < 4.78 is 18.6. The first-order valence-corrected chi connectivity index (χ1v) is 11.7. The van der Waals surface area contributed by atoms with Crippen LogP contribution in [0.4, 0.5) is 0 Å². The zero-order valence-electron chi connectivity index (χ0n) is 19.5. The molecule has 9 nitrogen and oxygen atoms in total. The normalized spacial score (nSPS) is 17.0. The van der Waals surface area contributed by atoms with Gasteiger partial charge in [-0.05, 0) is 42.9 Å². The molecule has 0 radical (unpaired) electrons. The van der Waals surface area contributed by atoms with Crippen LogP contribution in [-0.4, -0.2) is 59.8 Å². The lowest BCUT2D eigenvalue weighted by Crippen LogP contribution is -2.34. The number of benzene rings is 2. The molecule has 5 rings (SSSR count). The van der Waals surface area contributed by atoms with Gasteiger partial charge in [0, 0.05) is 18.3 Å². The molecule has 2 N–H and O–H groups in total. The predicted molar refractivity (Wildman–Crippen MR) is 134 cm³/mol. The van der Waals surface area contributed by atoms with Gasteiger partial charge in [-0.3, -0.25) is 24.2 Å². The minimum atomic E-state index is -0.487. The Morgan fingerprint density at radius 2 is 2.11 bits per heavy atom. The molecule has 0 saturated heterocycles. The van der Waals surface area contributed by atoms with Gasteiger partial charge >= 0.3 is 0 Å². The molecule has 0 fully saturated rings. The quantitative estimate of drug-likeness (QED) is 0.401. The number of rotatable bonds is 6. The summed E-state index contributed by atoms with van der Waals surface area (Å²) in [7, 11) is 3.64. The maximum absolute atomic E-state index is 12.6. The van der Waals surface area contributed by atoms with Crippen molar-refractivity contribution in [2.45, 2.75) is 19.0 Å². The second kappa shape index (κ2) is 9.55. The SMILES string of the molecule is COc1c2c(cc3c1C(CN=Cc1c(O)n(Cc4ccccc4)c(=S)[nH]c1=O)N(C)CC3)OCO2. The van der Waals surface area contributed by atoms with E-state index in [9.17, 15) is 9.90 Å². The third-order valence-electron chi connectivity index (χ3n) is 6.44. The van der Waals surface area contributed by atoms with E-state index in [1.165, 1.54) is 10.8 Å². The molecule has 1 aromatic heterocycles. The summed E-state index contributed by atoms with van der Waals surface area (Å²) in [5.41, 5.74) is 2.65. The number of methoxy groups -OCH3 is 1. The number of hydrogen-bond donors (Lipinski definition) is 2. The molecular formula is C25H26N4O5S. The fraction of sp³-hybridized carbons (Fsp3) is 0.320. The van der Waals surface area contributed by atoms with Crippen LogP contribution in [0, 0.1) is 4.77 Å². The third kappa shape index (κ3) is 4.30. The molecule has 2 aliphatic rings. The Labute approximate surface area is 207 Å². The highest BCUT2D eigenvalue weighted by Crippen LogP contribution is 2.49. The van der Waals surface area contributed by atoms with E-state index in [1.54, 1.807) is 7.11 Å². The van der Waals surface area contributed by atoms with E-state index in [4.69, 9.17) is 26.4 Å². The van der Waals surface area contributed by atoms with Gasteiger partial charge < -0.3 is 19.3 Å². The molecule has 3 aromatic rings. The second-order valence-electron chi connectivity index (χ2n) is 8.53. The number of likely N-dealkylation sites (N-methyl/N-ethyl adjacent to an activating group) is 1. The first-order valence-electron chi connectivity index (χ1n) is 11.3. The second-order valence-corrected chi connectivity index (χ2v) is 8.91. The number of ether oxygens (including phenoxy) is 3. The van der Waals surface area contributed by atoms with Crippen LogP contribution in [-0.2, 0) is 13.0 Å². The molecule has 3 heterocycles. The van der Waals surface area contributed by atoms with Gasteiger partial charge in [-0.25, -0.2) is 0 Å². The van der Waals surface area contributed by atoms with Crippen molar-refractivity contribution in [2.75, 3.05) is 34.0 Å². The van der Waals surface area contributed by atoms with Crippen LogP contribution < -0.4 is 19.8 Å². The molecule has 1 atom stereocenters. The average molecular weight is 495 g/mol. The van der Waals surface area contributed by atoms with Gasteiger partial charge in [-0.2, -0.15) is 0 Å². The minimum Gasteiger partial charge on any atom is -0.494 e. The molecule has 0 bridgehead atoms. The molecule has 182 valence electrons. The third-order valence-corrected chi connectivity index (χ3v) is 6.76. The zero-order chi connectivity index (χ0) is 24.5. The van der Waals surface area contributed by atoms with Crippen molar-refractivity contribution in [3.63, 3.8) is 0 Å². The van der Waals surface area contributed by atoms with E-state index >= 15 is 0 Å². The van der Waals surface area contributed by atoms with Gasteiger partial charge in [-0.15, -0.1) is 0 Å². The number of H-pyrrole nitrogens is 1. The van der Waals surface area contributed by atoms with Crippen molar-refractivity contribution in [1.82, 2.24) is 14.5 Å². The summed E-state index contributed by atoms with van der Waals surface area (Å²) in [5.74, 6) is 1.73. The molecule has 0 saturated carbocycles. The number of nitrogens with one attached hydrogen (secondary N) is 1. The first-order chi connectivity index (χ1) is 17.0. The number of hydrogen-bond acceptors (Lipinski definition) is 8. The van der Waals surface area contributed by atoms with E-state index in [2.05, 4.69) is 14.9 Å². The fourth-order valence-electron chi connectivity index (χ4n) is 4.60. The smallest absolute Gasteiger partial charge is 0.264 e. The molecule has 2 aromatic carbocycles. The number of fused-ring (bicyclic) bond motifs is 2. The Balaban J connectivity index is 1.46. The Kier molecular flexibility index (Phi) is 6.31. The van der Waals surface area contributed by atoms with Crippen LogP contribution in [0.5, 0.6) is 23.1 Å². The van der Waals surface area contributed by atoms with Gasteiger partial charge in [-0.1, -0.05) is 30.3 Å². The number of aromatic hydroxyl groups is 1. The molecule has 0 spiro atoms. The van der Waals surface area contributed by atoms with Crippen molar-refractivity contribution in [3.8, 4) is 23.1 Å². The lowest BCUT2D eigenvalue weighted by atomic mass is 9.91. The predicted octanol–water partition coefficient (Wildman–Crippen LogP) is 3.05. The molecule has 0 amide bonds. The van der Waals surface area contributed by atoms with Crippen molar-refractivity contribution in [3.05, 3.63) is 73.8 Å². The summed E-state index contributed by atoms with van der Waals surface area (Å²) in [6.45, 7) is 1.68. The molecule has 35 heavy (non-hydrogen) atoms. The largest absolute Gasteiger partial charge is 0.494 e. The Morgan fingerprint density at radius 1 is 1.31 bits per heavy atom. The molecule has 10 heteroatoms. The van der Waals surface area contributed by atoms with Gasteiger partial charge in [0.15, 0.2) is 16.3 Å². The Hall–Kier alpha value is -3.63. The minimum absolute atomic E-state index is 0.0610. The highest BCUT2D eigenvalue weighted by atomic mass is 32.1. The number of aromatic amines is 1. The summed E-state index contributed by atoms with van der Waals surface area (Å²) in [6, 6.07) is 11.5. The van der Waals surface area contributed by atoms with E-state index in [0.717, 1.165) is 29.7 Å². The van der Waals surface area contributed by atoms with Gasteiger partial charge in [0.1, 0.15) is 5.56 Å². The van der Waals surface area contributed by atoms with Crippen LogP contribution >= 0.6 is 12.2 Å². The Morgan fingerprint density at radius 3 is 2.89 bits per heavy atom. The summed E-state index contributed by atoms with van der Waals surface area (Å²) in [5, 5.41) is 10.9. The van der Waals surface area contributed by atoms with Crippen LogP contribution in [0.1, 0.15) is 28.3 Å². The van der Waals surface area contributed by atoms with Crippen molar-refractivity contribution >= 4 is 18.4 Å². The summed E-state index contributed by atoms with van der Waals surface area (Å²) in [6.07, 6.45) is 2.26. The van der Waals surface area contributed by atoms with Crippen molar-refractivity contribution in [1.29, 1.82) is 0 Å². The number of nitrogens with zero attached hydrogens (tertiary/aromatic N) is 3. The summed E-state index contributed by atoms with van der Waals surface area (Å²) in [4.78, 5) is 22.0. The zero-order valence-corrected chi connectivity index (χ0v) is 20.3. The van der Waals surface area contributed by atoms with Gasteiger partial charge in [0.2, 0.25) is 18.4 Å². The van der Waals surface area contributed by atoms with E-state index in [0.29, 0.717) is 30.3 Å². The molecular weight excluding hydrogens is 468 g/mol. The monoisotopic (exact) mass is 494 g/mol. The average Bonchev–Trinajstić information content (AvgIpc) is 3.32. The maximum atomic E-state index is 12.6. The van der Waals surface area contributed by atoms with Crippen LogP contribution in [0.3, 0.4) is 0 Å². The van der Waals surface area contributed by atoms with E-state index in [1.807, 2.05) is 43.4 Å². The number of aromatic nitrogens is 2. The van der Waals surface area contributed by atoms with Gasteiger partial charge in [0.05, 0.1) is 26.2 Å². The maximum Gasteiger partial charge on any atom is 0.264 e. The van der Waals surface area contributed by atoms with Crippen molar-refractivity contribution in [2.24, 2.45) is 4.99 Å². The van der Waals surface area contributed by atoms with Crippen LogP contribution in [0.25, 0.3) is 0 Å². The topological polar surface area (TPSA) is 101 Å². The van der Waals surface area contributed by atoms with Crippen molar-refractivity contribution < 1.29 is 19.3 Å². The van der Waals surface area contributed by atoms with Gasteiger partial charge in [0.25, 0.3) is 5.56 Å². The number of aliphatic imine (C=N–C) groups is 1.